The number of amides is 1. The first kappa shape index (κ1) is 15.8. The molecule has 7 heteroatoms. The van der Waals surface area contributed by atoms with Crippen LogP contribution in [0.4, 0.5) is 5.13 Å². The predicted molar refractivity (Wildman–Crippen MR) is 94.7 cm³/mol. The number of hydrogen-bond acceptors (Lipinski definition) is 5. The first-order chi connectivity index (χ1) is 11.1. The summed E-state index contributed by atoms with van der Waals surface area (Å²) in [6.07, 6.45) is 3.58. The summed E-state index contributed by atoms with van der Waals surface area (Å²) in [5.41, 5.74) is 1.91. The van der Waals surface area contributed by atoms with Crippen molar-refractivity contribution >= 4 is 34.1 Å². The largest absolute Gasteiger partial charge is 0.329 e. The van der Waals surface area contributed by atoms with Crippen molar-refractivity contribution in [2.45, 2.75) is 17.3 Å². The lowest BCUT2D eigenvalue weighted by molar-refractivity contribution is -0.115. The van der Waals surface area contributed by atoms with E-state index in [0.29, 0.717) is 5.13 Å². The smallest absolute Gasteiger partial charge is 0.239 e. The van der Waals surface area contributed by atoms with Gasteiger partial charge in [0.05, 0.1) is 10.9 Å². The Morgan fingerprint density at radius 1 is 1.35 bits per heavy atom. The number of aryl methyl sites for hydroxylation is 1. The summed E-state index contributed by atoms with van der Waals surface area (Å²) in [6.45, 7) is 1.86. The van der Waals surface area contributed by atoms with E-state index in [9.17, 15) is 4.79 Å². The van der Waals surface area contributed by atoms with E-state index in [2.05, 4.69) is 15.3 Å². The lowest BCUT2D eigenvalue weighted by Gasteiger charge is -2.09. The molecule has 1 N–H and O–H groups in total. The fraction of sp³-hybridized carbons (Fsp3) is 0.188. The van der Waals surface area contributed by atoms with Gasteiger partial charge in [-0.1, -0.05) is 42.1 Å². The third-order valence-electron chi connectivity index (χ3n) is 3.23. The highest BCUT2D eigenvalue weighted by Gasteiger charge is 2.18. The van der Waals surface area contributed by atoms with Crippen molar-refractivity contribution in [3.05, 3.63) is 48.1 Å². The molecular formula is C16H16N4OS2. The van der Waals surface area contributed by atoms with Gasteiger partial charge >= 0.3 is 0 Å². The molecule has 0 aliphatic rings. The van der Waals surface area contributed by atoms with Gasteiger partial charge < -0.3 is 9.88 Å². The van der Waals surface area contributed by atoms with Crippen LogP contribution in [-0.4, -0.2) is 25.7 Å². The predicted octanol–water partition coefficient (Wildman–Crippen LogP) is 3.66. The zero-order valence-electron chi connectivity index (χ0n) is 12.8. The maximum absolute atomic E-state index is 12.3. The number of anilines is 1. The van der Waals surface area contributed by atoms with Gasteiger partial charge in [0.25, 0.3) is 0 Å². The number of nitrogens with zero attached hydrogens (tertiary/aromatic N) is 3. The molecule has 0 aliphatic carbocycles. The maximum Gasteiger partial charge on any atom is 0.239 e. The van der Waals surface area contributed by atoms with Crippen LogP contribution >= 0.6 is 23.1 Å². The number of carbonyl (C=O) groups excluding carboxylic acids is 1. The Morgan fingerprint density at radius 3 is 2.83 bits per heavy atom. The van der Waals surface area contributed by atoms with E-state index >= 15 is 0 Å². The van der Waals surface area contributed by atoms with Crippen molar-refractivity contribution in [3.8, 4) is 11.3 Å². The Balaban J connectivity index is 1.64. The highest BCUT2D eigenvalue weighted by atomic mass is 32.2. The van der Waals surface area contributed by atoms with Gasteiger partial charge in [0, 0.05) is 30.4 Å². The van der Waals surface area contributed by atoms with Crippen molar-refractivity contribution < 1.29 is 4.79 Å². The minimum Gasteiger partial charge on any atom is -0.329 e. The zero-order chi connectivity index (χ0) is 16.2. The summed E-state index contributed by atoms with van der Waals surface area (Å²) < 4.78 is 1.89. The van der Waals surface area contributed by atoms with Crippen molar-refractivity contribution in [2.75, 3.05) is 5.32 Å². The molecule has 1 atom stereocenters. The maximum atomic E-state index is 12.3. The first-order valence-corrected chi connectivity index (χ1v) is 8.85. The molecule has 118 valence electrons. The third kappa shape index (κ3) is 3.80. The topological polar surface area (TPSA) is 59.8 Å². The van der Waals surface area contributed by atoms with Gasteiger partial charge in [0.15, 0.2) is 10.3 Å². The van der Waals surface area contributed by atoms with Crippen LogP contribution in [0.15, 0.2) is 53.3 Å². The molecule has 0 fully saturated rings. The highest BCUT2D eigenvalue weighted by Crippen LogP contribution is 2.26. The van der Waals surface area contributed by atoms with Gasteiger partial charge in [0.2, 0.25) is 5.91 Å². The van der Waals surface area contributed by atoms with E-state index < -0.39 is 0 Å². The van der Waals surface area contributed by atoms with Crippen molar-refractivity contribution in [1.82, 2.24) is 14.5 Å². The Labute approximate surface area is 142 Å². The normalized spacial score (nSPS) is 12.1. The van der Waals surface area contributed by atoms with Gasteiger partial charge in [-0.3, -0.25) is 4.79 Å². The molecule has 0 spiro atoms. The van der Waals surface area contributed by atoms with E-state index in [0.717, 1.165) is 16.4 Å². The summed E-state index contributed by atoms with van der Waals surface area (Å²) in [4.78, 5) is 21.0. The molecular weight excluding hydrogens is 328 g/mol. The molecule has 3 rings (SSSR count). The molecule has 0 unspecified atom stereocenters. The van der Waals surface area contributed by atoms with Crippen LogP contribution in [0, 0.1) is 0 Å². The molecule has 2 aromatic heterocycles. The van der Waals surface area contributed by atoms with Gasteiger partial charge in [-0.15, -0.1) is 11.3 Å². The van der Waals surface area contributed by atoms with Gasteiger partial charge in [-0.2, -0.15) is 0 Å². The van der Waals surface area contributed by atoms with E-state index in [1.54, 1.807) is 6.20 Å². The van der Waals surface area contributed by atoms with E-state index in [1.165, 1.54) is 23.1 Å². The highest BCUT2D eigenvalue weighted by molar-refractivity contribution is 8.00. The fourth-order valence-corrected chi connectivity index (χ4v) is 3.51. The molecule has 1 amide bonds. The zero-order valence-corrected chi connectivity index (χ0v) is 14.4. The monoisotopic (exact) mass is 344 g/mol. The molecule has 5 nitrogen and oxygen atoms in total. The minimum atomic E-state index is -0.250. The van der Waals surface area contributed by atoms with Crippen LogP contribution < -0.4 is 5.32 Å². The number of benzene rings is 1. The number of thiazole rings is 1. The lowest BCUT2D eigenvalue weighted by atomic mass is 10.2. The second-order valence-electron chi connectivity index (χ2n) is 4.97. The van der Waals surface area contributed by atoms with Crippen LogP contribution in [0.3, 0.4) is 0 Å². The molecule has 0 saturated heterocycles. The second-order valence-corrected chi connectivity index (χ2v) is 7.14. The van der Waals surface area contributed by atoms with Crippen molar-refractivity contribution in [2.24, 2.45) is 7.05 Å². The third-order valence-corrected chi connectivity index (χ3v) is 5.16. The number of thioether (sulfide) groups is 1. The molecule has 1 aromatic carbocycles. The van der Waals surface area contributed by atoms with Crippen LogP contribution in [0.2, 0.25) is 0 Å². The first-order valence-electron chi connectivity index (χ1n) is 7.09. The van der Waals surface area contributed by atoms with E-state index in [1.807, 2.05) is 60.4 Å². The molecule has 0 bridgehead atoms. The Hall–Kier alpha value is -2.12. The minimum absolute atomic E-state index is 0.0769. The summed E-state index contributed by atoms with van der Waals surface area (Å²) >= 11 is 2.85. The molecule has 3 aromatic rings. The van der Waals surface area contributed by atoms with Crippen molar-refractivity contribution in [1.29, 1.82) is 0 Å². The van der Waals surface area contributed by atoms with Crippen LogP contribution in [-0.2, 0) is 11.8 Å². The van der Waals surface area contributed by atoms with Crippen LogP contribution in [0.25, 0.3) is 11.3 Å². The fourth-order valence-electron chi connectivity index (χ4n) is 1.96. The van der Waals surface area contributed by atoms with Crippen LogP contribution in [0.5, 0.6) is 0 Å². The Bertz CT molecular complexity index is 797. The van der Waals surface area contributed by atoms with Gasteiger partial charge in [-0.05, 0) is 6.92 Å². The summed E-state index contributed by atoms with van der Waals surface area (Å²) in [5, 5.41) is 6.00. The van der Waals surface area contributed by atoms with E-state index in [-0.39, 0.29) is 11.2 Å². The average Bonchev–Trinajstić information content (AvgIpc) is 3.18. The molecule has 0 aliphatic heterocycles. The molecule has 2 heterocycles. The van der Waals surface area contributed by atoms with Crippen LogP contribution in [0.1, 0.15) is 6.92 Å². The van der Waals surface area contributed by atoms with Gasteiger partial charge in [-0.25, -0.2) is 9.97 Å². The summed E-state index contributed by atoms with van der Waals surface area (Å²) in [6, 6.07) is 9.91. The number of aromatic nitrogens is 3. The summed E-state index contributed by atoms with van der Waals surface area (Å²) in [5.74, 6) is -0.0769. The quantitative estimate of drug-likeness (QED) is 0.718. The Kier molecular flexibility index (Phi) is 4.78. The number of hydrogen-bond donors (Lipinski definition) is 1. The second kappa shape index (κ2) is 6.97. The van der Waals surface area contributed by atoms with E-state index in [4.69, 9.17) is 0 Å². The van der Waals surface area contributed by atoms with Gasteiger partial charge in [0.1, 0.15) is 0 Å². The molecule has 0 radical (unpaired) electrons. The standard InChI is InChI=1S/C16H16N4OS2/c1-11(23-16-17-8-9-20(16)2)14(21)19-15-18-13(10-22-15)12-6-4-3-5-7-12/h3-11H,1-2H3,(H,18,19,21)/t11-/m1/s1. The SMILES string of the molecule is C[C@@H](Sc1nccn1C)C(=O)Nc1nc(-c2ccccc2)cs1. The number of nitrogens with one attached hydrogen (secondary N) is 1. The number of rotatable bonds is 5. The number of carbonyl (C=O) groups is 1. The Morgan fingerprint density at radius 2 is 2.13 bits per heavy atom. The molecule has 0 saturated carbocycles. The lowest BCUT2D eigenvalue weighted by Crippen LogP contribution is -2.22. The summed E-state index contributed by atoms with van der Waals surface area (Å²) in [7, 11) is 1.91. The average molecular weight is 344 g/mol. The number of imidazole rings is 1. The van der Waals surface area contributed by atoms with Crippen molar-refractivity contribution in [3.63, 3.8) is 0 Å². The molecule has 23 heavy (non-hydrogen) atoms.